The first-order chi connectivity index (χ1) is 7.63. The van der Waals surface area contributed by atoms with E-state index in [0.29, 0.717) is 21.3 Å². The lowest BCUT2D eigenvalue weighted by atomic mass is 10.1. The molecule has 0 N–H and O–H groups in total. The standard InChI is InChI=1S/C11H6Cl2N2S/c1-6-9(5-14)11(15-16-6)8-3-2-7(12)4-10(8)13/h2-4H,1H3. The Hall–Kier alpha value is -1.08. The normalized spacial score (nSPS) is 10.1. The monoisotopic (exact) mass is 268 g/mol. The fraction of sp³-hybridized carbons (Fsp3) is 0.0909. The summed E-state index contributed by atoms with van der Waals surface area (Å²) in [6, 6.07) is 7.30. The van der Waals surface area contributed by atoms with E-state index in [-0.39, 0.29) is 0 Å². The maximum absolute atomic E-state index is 9.04. The molecular formula is C11H6Cl2N2S. The van der Waals surface area contributed by atoms with Crippen molar-refractivity contribution in [2.24, 2.45) is 0 Å². The SMILES string of the molecule is Cc1snc(-c2ccc(Cl)cc2Cl)c1C#N. The van der Waals surface area contributed by atoms with Crippen LogP contribution in [0.5, 0.6) is 0 Å². The maximum atomic E-state index is 9.04. The van der Waals surface area contributed by atoms with E-state index < -0.39 is 0 Å². The summed E-state index contributed by atoms with van der Waals surface area (Å²) in [5.41, 5.74) is 1.95. The van der Waals surface area contributed by atoms with Gasteiger partial charge in [-0.25, -0.2) is 0 Å². The molecule has 0 atom stereocenters. The Balaban J connectivity index is 2.64. The number of benzene rings is 1. The highest BCUT2D eigenvalue weighted by Gasteiger charge is 2.14. The van der Waals surface area contributed by atoms with Gasteiger partial charge in [0.1, 0.15) is 11.8 Å². The quantitative estimate of drug-likeness (QED) is 0.774. The summed E-state index contributed by atoms with van der Waals surface area (Å²) in [5.74, 6) is 0. The molecule has 0 amide bonds. The number of halogens is 2. The predicted molar refractivity (Wildman–Crippen MR) is 67.0 cm³/mol. The Morgan fingerprint density at radius 3 is 2.75 bits per heavy atom. The fourth-order valence-electron chi connectivity index (χ4n) is 1.37. The van der Waals surface area contributed by atoms with E-state index in [0.717, 1.165) is 10.4 Å². The lowest BCUT2D eigenvalue weighted by molar-refractivity contribution is 1.43. The Kier molecular flexibility index (Phi) is 3.15. The number of hydrogen-bond acceptors (Lipinski definition) is 3. The van der Waals surface area contributed by atoms with Crippen molar-refractivity contribution in [1.29, 1.82) is 5.26 Å². The molecule has 0 spiro atoms. The van der Waals surface area contributed by atoms with E-state index in [1.807, 2.05) is 6.92 Å². The van der Waals surface area contributed by atoms with Crippen LogP contribution >= 0.6 is 34.7 Å². The van der Waals surface area contributed by atoms with Crippen molar-refractivity contribution in [3.63, 3.8) is 0 Å². The number of nitrogens with zero attached hydrogens (tertiary/aromatic N) is 2. The van der Waals surface area contributed by atoms with Gasteiger partial charge in [0.15, 0.2) is 0 Å². The van der Waals surface area contributed by atoms with E-state index in [1.165, 1.54) is 11.5 Å². The van der Waals surface area contributed by atoms with E-state index in [2.05, 4.69) is 10.4 Å². The van der Waals surface area contributed by atoms with Gasteiger partial charge < -0.3 is 0 Å². The number of aromatic nitrogens is 1. The first-order valence-corrected chi connectivity index (χ1v) is 5.98. The summed E-state index contributed by atoms with van der Waals surface area (Å²) in [6.07, 6.45) is 0. The van der Waals surface area contributed by atoms with Crippen molar-refractivity contribution < 1.29 is 0 Å². The van der Waals surface area contributed by atoms with Gasteiger partial charge in [0.05, 0.1) is 10.6 Å². The second-order valence-corrected chi connectivity index (χ2v) is 5.02. The Morgan fingerprint density at radius 2 is 2.12 bits per heavy atom. The van der Waals surface area contributed by atoms with Crippen LogP contribution in [-0.2, 0) is 0 Å². The average molecular weight is 269 g/mol. The molecule has 0 saturated carbocycles. The zero-order chi connectivity index (χ0) is 11.7. The van der Waals surface area contributed by atoms with Crippen molar-refractivity contribution in [2.75, 3.05) is 0 Å². The average Bonchev–Trinajstić information content (AvgIpc) is 2.59. The molecule has 0 aliphatic carbocycles. The van der Waals surface area contributed by atoms with Gasteiger partial charge in [-0.3, -0.25) is 0 Å². The van der Waals surface area contributed by atoms with Crippen LogP contribution in [0.15, 0.2) is 18.2 Å². The molecule has 80 valence electrons. The first kappa shape index (κ1) is 11.4. The molecule has 2 aromatic rings. The van der Waals surface area contributed by atoms with E-state index in [4.69, 9.17) is 28.5 Å². The van der Waals surface area contributed by atoms with Gasteiger partial charge in [-0.15, -0.1) is 0 Å². The molecule has 2 rings (SSSR count). The zero-order valence-electron chi connectivity index (χ0n) is 8.29. The lowest BCUT2D eigenvalue weighted by Crippen LogP contribution is -1.84. The van der Waals surface area contributed by atoms with Gasteiger partial charge in [-0.1, -0.05) is 23.2 Å². The second kappa shape index (κ2) is 4.42. The van der Waals surface area contributed by atoms with Gasteiger partial charge in [-0.05, 0) is 36.7 Å². The highest BCUT2D eigenvalue weighted by Crippen LogP contribution is 2.33. The molecule has 0 aliphatic rings. The molecule has 1 heterocycles. The van der Waals surface area contributed by atoms with Gasteiger partial charge in [-0.2, -0.15) is 9.64 Å². The summed E-state index contributed by atoms with van der Waals surface area (Å²) < 4.78 is 4.24. The van der Waals surface area contributed by atoms with Gasteiger partial charge in [0.25, 0.3) is 0 Å². The number of aryl methyl sites for hydroxylation is 1. The van der Waals surface area contributed by atoms with Crippen LogP contribution in [0, 0.1) is 18.3 Å². The van der Waals surface area contributed by atoms with Crippen LogP contribution in [0.1, 0.15) is 10.4 Å². The van der Waals surface area contributed by atoms with Crippen LogP contribution in [-0.4, -0.2) is 4.37 Å². The van der Waals surface area contributed by atoms with Gasteiger partial charge in [0.2, 0.25) is 0 Å². The molecule has 0 unspecified atom stereocenters. The van der Waals surface area contributed by atoms with Crippen LogP contribution in [0.2, 0.25) is 10.0 Å². The molecule has 5 heteroatoms. The minimum atomic E-state index is 0.509. The minimum Gasteiger partial charge on any atom is -0.192 e. The zero-order valence-corrected chi connectivity index (χ0v) is 10.6. The van der Waals surface area contributed by atoms with E-state index in [1.54, 1.807) is 18.2 Å². The van der Waals surface area contributed by atoms with E-state index in [9.17, 15) is 0 Å². The van der Waals surface area contributed by atoms with Crippen LogP contribution in [0.3, 0.4) is 0 Å². The molecule has 1 aromatic heterocycles. The van der Waals surface area contributed by atoms with Crippen LogP contribution in [0.4, 0.5) is 0 Å². The van der Waals surface area contributed by atoms with Gasteiger partial charge >= 0.3 is 0 Å². The predicted octanol–water partition coefficient (Wildman–Crippen LogP) is 4.30. The summed E-state index contributed by atoms with van der Waals surface area (Å²) in [6.45, 7) is 1.86. The largest absolute Gasteiger partial charge is 0.192 e. The summed E-state index contributed by atoms with van der Waals surface area (Å²) in [4.78, 5) is 0.892. The third-order valence-corrected chi connectivity index (χ3v) is 3.46. The molecule has 0 aliphatic heterocycles. The molecular weight excluding hydrogens is 263 g/mol. The molecule has 16 heavy (non-hydrogen) atoms. The highest BCUT2D eigenvalue weighted by atomic mass is 35.5. The Morgan fingerprint density at radius 1 is 1.38 bits per heavy atom. The van der Waals surface area contributed by atoms with Crippen molar-refractivity contribution in [3.05, 3.63) is 38.7 Å². The maximum Gasteiger partial charge on any atom is 0.104 e. The molecule has 0 radical (unpaired) electrons. The third kappa shape index (κ3) is 1.92. The summed E-state index contributed by atoms with van der Waals surface area (Å²) >= 11 is 13.2. The van der Waals surface area contributed by atoms with Crippen molar-refractivity contribution >= 4 is 34.7 Å². The van der Waals surface area contributed by atoms with Crippen LogP contribution in [0.25, 0.3) is 11.3 Å². The number of rotatable bonds is 1. The van der Waals surface area contributed by atoms with Crippen molar-refractivity contribution in [2.45, 2.75) is 6.92 Å². The number of hydrogen-bond donors (Lipinski definition) is 0. The smallest absolute Gasteiger partial charge is 0.104 e. The minimum absolute atomic E-state index is 0.509. The Labute approximate surface area is 107 Å². The van der Waals surface area contributed by atoms with Gasteiger partial charge in [0, 0.05) is 15.5 Å². The van der Waals surface area contributed by atoms with Crippen LogP contribution < -0.4 is 0 Å². The summed E-state index contributed by atoms with van der Waals surface area (Å²) in [5, 5.41) is 10.1. The van der Waals surface area contributed by atoms with E-state index >= 15 is 0 Å². The molecule has 0 bridgehead atoms. The number of nitriles is 1. The van der Waals surface area contributed by atoms with Crippen molar-refractivity contribution in [1.82, 2.24) is 4.37 Å². The van der Waals surface area contributed by atoms with Crippen molar-refractivity contribution in [3.8, 4) is 17.3 Å². The molecule has 0 saturated heterocycles. The second-order valence-electron chi connectivity index (χ2n) is 3.20. The molecule has 1 aromatic carbocycles. The topological polar surface area (TPSA) is 36.7 Å². The highest BCUT2D eigenvalue weighted by molar-refractivity contribution is 7.06. The molecule has 2 nitrogen and oxygen atoms in total. The lowest BCUT2D eigenvalue weighted by Gasteiger charge is -2.01. The first-order valence-electron chi connectivity index (χ1n) is 4.45. The summed E-state index contributed by atoms with van der Waals surface area (Å²) in [7, 11) is 0. The Bertz CT molecular complexity index is 584. The molecule has 0 fully saturated rings. The fourth-order valence-corrected chi connectivity index (χ4v) is 2.52. The third-order valence-electron chi connectivity index (χ3n) is 2.16.